The summed E-state index contributed by atoms with van der Waals surface area (Å²) in [5, 5.41) is 0. The highest BCUT2D eigenvalue weighted by Gasteiger charge is 2.51. The predicted molar refractivity (Wildman–Crippen MR) is 121 cm³/mol. The highest BCUT2D eigenvalue weighted by Crippen LogP contribution is 2.52. The van der Waals surface area contributed by atoms with Gasteiger partial charge >= 0.3 is 0 Å². The first kappa shape index (κ1) is 19.9. The number of piperidine rings is 1. The molecule has 29 heavy (non-hydrogen) atoms. The SMILES string of the molecule is C=CCC1(C)CN(C)CC2c3cc(C)ccc3N(/C=C(\C)c3ccc(F)cc3)C21. The molecule has 2 heterocycles. The third kappa shape index (κ3) is 3.53. The van der Waals surface area contributed by atoms with Gasteiger partial charge in [0.1, 0.15) is 5.82 Å². The summed E-state index contributed by atoms with van der Waals surface area (Å²) in [6.45, 7) is 12.9. The van der Waals surface area contributed by atoms with Gasteiger partial charge in [-0.2, -0.15) is 0 Å². The molecule has 1 saturated heterocycles. The van der Waals surface area contributed by atoms with Crippen LogP contribution in [0.15, 0.2) is 61.3 Å². The first-order chi connectivity index (χ1) is 13.8. The number of aryl methyl sites for hydroxylation is 1. The number of nitrogens with zero attached hydrogens (tertiary/aromatic N) is 2. The first-order valence-electron chi connectivity index (χ1n) is 10.4. The monoisotopic (exact) mass is 390 g/mol. The minimum Gasteiger partial charge on any atom is -0.343 e. The molecule has 3 unspecified atom stereocenters. The normalized spacial score (nSPS) is 26.9. The molecule has 0 aromatic heterocycles. The van der Waals surface area contributed by atoms with Crippen LogP contribution in [0.25, 0.3) is 5.57 Å². The van der Waals surface area contributed by atoms with Gasteiger partial charge in [-0.25, -0.2) is 4.39 Å². The van der Waals surface area contributed by atoms with E-state index in [9.17, 15) is 4.39 Å². The Morgan fingerprint density at radius 1 is 1.24 bits per heavy atom. The van der Waals surface area contributed by atoms with Crippen LogP contribution < -0.4 is 4.90 Å². The summed E-state index contributed by atoms with van der Waals surface area (Å²) < 4.78 is 13.4. The van der Waals surface area contributed by atoms with Crippen LogP contribution in [0.1, 0.15) is 42.9 Å². The Bertz CT molecular complexity index is 946. The van der Waals surface area contributed by atoms with Gasteiger partial charge in [-0.05, 0) is 62.2 Å². The number of likely N-dealkylation sites (N-methyl/N-ethyl adjacent to an activating group) is 1. The Labute approximate surface area is 174 Å². The predicted octanol–water partition coefficient (Wildman–Crippen LogP) is 6.00. The Balaban J connectivity index is 1.83. The molecule has 2 aromatic carbocycles. The number of hydrogen-bond acceptors (Lipinski definition) is 2. The number of likely N-dealkylation sites (tertiary alicyclic amines) is 1. The lowest BCUT2D eigenvalue weighted by Gasteiger charge is -2.49. The van der Waals surface area contributed by atoms with Crippen molar-refractivity contribution in [1.29, 1.82) is 0 Å². The zero-order chi connectivity index (χ0) is 20.8. The van der Waals surface area contributed by atoms with Crippen molar-refractivity contribution in [2.75, 3.05) is 25.0 Å². The number of fused-ring (bicyclic) bond motifs is 3. The fourth-order valence-corrected chi connectivity index (χ4v) is 5.51. The highest BCUT2D eigenvalue weighted by atomic mass is 19.1. The summed E-state index contributed by atoms with van der Waals surface area (Å²) in [5.41, 5.74) is 6.37. The Morgan fingerprint density at radius 2 is 1.97 bits per heavy atom. The lowest BCUT2D eigenvalue weighted by atomic mass is 9.69. The van der Waals surface area contributed by atoms with Crippen molar-refractivity contribution in [2.45, 2.75) is 39.2 Å². The number of benzene rings is 2. The molecule has 0 bridgehead atoms. The summed E-state index contributed by atoms with van der Waals surface area (Å²) >= 11 is 0. The van der Waals surface area contributed by atoms with Gasteiger partial charge < -0.3 is 9.80 Å². The molecule has 3 atom stereocenters. The molecule has 0 aliphatic carbocycles. The van der Waals surface area contributed by atoms with Gasteiger partial charge in [-0.1, -0.05) is 42.8 Å². The molecule has 1 fully saturated rings. The number of rotatable bonds is 4. The van der Waals surface area contributed by atoms with Crippen LogP contribution in [0.4, 0.5) is 10.1 Å². The van der Waals surface area contributed by atoms with E-state index in [1.807, 2.05) is 12.1 Å². The Hall–Kier alpha value is -2.39. The van der Waals surface area contributed by atoms with E-state index in [1.54, 1.807) is 0 Å². The average Bonchev–Trinajstić information content (AvgIpc) is 2.95. The molecular formula is C26H31FN2. The van der Waals surface area contributed by atoms with E-state index >= 15 is 0 Å². The topological polar surface area (TPSA) is 6.48 Å². The van der Waals surface area contributed by atoms with Crippen molar-refractivity contribution in [3.8, 4) is 0 Å². The molecule has 0 spiro atoms. The third-order valence-electron chi connectivity index (χ3n) is 6.64. The molecule has 2 aromatic rings. The zero-order valence-corrected chi connectivity index (χ0v) is 18.0. The molecule has 4 rings (SSSR count). The van der Waals surface area contributed by atoms with E-state index in [-0.39, 0.29) is 11.2 Å². The van der Waals surface area contributed by atoms with Crippen LogP contribution >= 0.6 is 0 Å². The van der Waals surface area contributed by atoms with E-state index in [4.69, 9.17) is 0 Å². The number of hydrogen-bond donors (Lipinski definition) is 0. The lowest BCUT2D eigenvalue weighted by molar-refractivity contribution is 0.0898. The zero-order valence-electron chi connectivity index (χ0n) is 18.0. The van der Waals surface area contributed by atoms with Crippen LogP contribution in [-0.4, -0.2) is 31.1 Å². The van der Waals surface area contributed by atoms with E-state index in [2.05, 4.69) is 74.7 Å². The summed E-state index contributed by atoms with van der Waals surface area (Å²) in [5.74, 6) is 0.267. The standard InChI is InChI=1S/C26H31FN2/c1-6-13-26(4)17-28(5)16-23-22-14-18(2)7-12-24(22)29(25(23)26)15-19(3)20-8-10-21(27)11-9-20/h6-12,14-15,23,25H,1,13,16-17H2,2-5H3/b19-15+. The first-order valence-corrected chi connectivity index (χ1v) is 10.4. The van der Waals surface area contributed by atoms with Crippen molar-refractivity contribution >= 4 is 11.3 Å². The minimum absolute atomic E-state index is 0.103. The van der Waals surface area contributed by atoms with Crippen LogP contribution in [0, 0.1) is 18.2 Å². The second kappa shape index (κ2) is 7.46. The fourth-order valence-electron chi connectivity index (χ4n) is 5.51. The molecule has 0 amide bonds. The lowest BCUT2D eigenvalue weighted by Crippen LogP contribution is -2.56. The Kier molecular flexibility index (Phi) is 5.12. The van der Waals surface area contributed by atoms with Gasteiger partial charge in [0.15, 0.2) is 0 Å². The van der Waals surface area contributed by atoms with Crippen LogP contribution in [0.2, 0.25) is 0 Å². The minimum atomic E-state index is -0.197. The van der Waals surface area contributed by atoms with E-state index in [0.29, 0.717) is 12.0 Å². The largest absolute Gasteiger partial charge is 0.343 e. The summed E-state index contributed by atoms with van der Waals surface area (Å²) in [4.78, 5) is 4.96. The molecule has 3 heteroatoms. The van der Waals surface area contributed by atoms with Crippen LogP contribution in [-0.2, 0) is 0 Å². The van der Waals surface area contributed by atoms with E-state index in [1.165, 1.54) is 28.9 Å². The van der Waals surface area contributed by atoms with Crippen LogP contribution in [0.3, 0.4) is 0 Å². The van der Waals surface area contributed by atoms with Gasteiger partial charge in [0.25, 0.3) is 0 Å². The molecule has 152 valence electrons. The van der Waals surface area contributed by atoms with Gasteiger partial charge in [-0.15, -0.1) is 6.58 Å². The quantitative estimate of drug-likeness (QED) is 0.591. The Morgan fingerprint density at radius 3 is 2.66 bits per heavy atom. The number of allylic oxidation sites excluding steroid dienone is 2. The maximum Gasteiger partial charge on any atom is 0.123 e. The van der Waals surface area contributed by atoms with Gasteiger partial charge in [0.2, 0.25) is 0 Å². The van der Waals surface area contributed by atoms with Crippen molar-refractivity contribution in [3.05, 3.63) is 83.8 Å². The molecule has 0 saturated carbocycles. The second-order valence-electron chi connectivity index (χ2n) is 9.18. The van der Waals surface area contributed by atoms with Crippen LogP contribution in [0.5, 0.6) is 0 Å². The smallest absolute Gasteiger partial charge is 0.123 e. The molecule has 2 aliphatic heterocycles. The third-order valence-corrected chi connectivity index (χ3v) is 6.64. The summed E-state index contributed by atoms with van der Waals surface area (Å²) in [6.07, 6.45) is 5.32. The second-order valence-corrected chi connectivity index (χ2v) is 9.18. The summed E-state index contributed by atoms with van der Waals surface area (Å²) in [6, 6.07) is 14.0. The van der Waals surface area contributed by atoms with Gasteiger partial charge in [0.05, 0.1) is 0 Å². The maximum atomic E-state index is 13.4. The molecule has 0 radical (unpaired) electrons. The summed E-state index contributed by atoms with van der Waals surface area (Å²) in [7, 11) is 2.23. The molecule has 0 N–H and O–H groups in total. The average molecular weight is 391 g/mol. The van der Waals surface area contributed by atoms with Crippen molar-refractivity contribution in [3.63, 3.8) is 0 Å². The van der Waals surface area contributed by atoms with Crippen molar-refractivity contribution < 1.29 is 4.39 Å². The molecule has 2 aliphatic rings. The van der Waals surface area contributed by atoms with Gasteiger partial charge in [0, 0.05) is 42.4 Å². The highest BCUT2D eigenvalue weighted by molar-refractivity contribution is 5.72. The fraction of sp³-hybridized carbons (Fsp3) is 0.385. The van der Waals surface area contributed by atoms with Crippen molar-refractivity contribution in [2.24, 2.45) is 5.41 Å². The maximum absolute atomic E-state index is 13.4. The molecular weight excluding hydrogens is 359 g/mol. The van der Waals surface area contributed by atoms with Crippen molar-refractivity contribution in [1.82, 2.24) is 4.90 Å². The van der Waals surface area contributed by atoms with E-state index < -0.39 is 0 Å². The number of anilines is 1. The molecule has 2 nitrogen and oxygen atoms in total. The van der Waals surface area contributed by atoms with E-state index in [0.717, 1.165) is 30.6 Å². The van der Waals surface area contributed by atoms with Gasteiger partial charge in [-0.3, -0.25) is 0 Å². The number of halogens is 1.